The molecule has 1 aromatic heterocycles. The maximum Gasteiger partial charge on any atom is 0.162 e. The molecule has 3 nitrogen and oxygen atoms in total. The Labute approximate surface area is 127 Å². The molecular weight excluding hydrogens is 362 g/mol. The van der Waals surface area contributed by atoms with Crippen molar-refractivity contribution >= 4 is 50.7 Å². The van der Waals surface area contributed by atoms with Crippen LogP contribution in [0.1, 0.15) is 0 Å². The molecule has 7 heteroatoms. The van der Waals surface area contributed by atoms with E-state index in [9.17, 15) is 0 Å². The third kappa shape index (κ3) is 2.72. The summed E-state index contributed by atoms with van der Waals surface area (Å²) < 4.78 is 5.54. The van der Waals surface area contributed by atoms with Gasteiger partial charge in [0, 0.05) is 5.56 Å². The maximum atomic E-state index is 6.03. The van der Waals surface area contributed by atoms with E-state index in [1.54, 1.807) is 25.3 Å². The molecule has 0 aliphatic carbocycles. The van der Waals surface area contributed by atoms with E-state index >= 15 is 0 Å². The number of rotatable bonds is 2. The van der Waals surface area contributed by atoms with Gasteiger partial charge in [0.25, 0.3) is 0 Å². The lowest BCUT2D eigenvalue weighted by Gasteiger charge is -2.06. The molecule has 0 saturated carbocycles. The van der Waals surface area contributed by atoms with E-state index in [-0.39, 0.29) is 10.3 Å². The summed E-state index contributed by atoms with van der Waals surface area (Å²) in [6.07, 6.45) is 0. The van der Waals surface area contributed by atoms with Crippen LogP contribution >= 0.6 is 50.7 Å². The van der Waals surface area contributed by atoms with Crippen LogP contribution in [0.15, 0.2) is 22.7 Å². The summed E-state index contributed by atoms with van der Waals surface area (Å²) in [4.78, 5) is 8.25. The van der Waals surface area contributed by atoms with Gasteiger partial charge in [-0.2, -0.15) is 0 Å². The van der Waals surface area contributed by atoms with Crippen molar-refractivity contribution in [3.63, 3.8) is 0 Å². The van der Waals surface area contributed by atoms with Crippen molar-refractivity contribution in [2.75, 3.05) is 7.11 Å². The summed E-state index contributed by atoms with van der Waals surface area (Å²) >= 11 is 21.1. The highest BCUT2D eigenvalue weighted by atomic mass is 79.9. The Hall–Kier alpha value is -0.550. The standard InChI is InChI=1S/C11H6BrCl3N2O/c1-18-7-3-2-5(4-6(7)13)11-16-9(14)8(12)10(15)17-11/h2-4H,1H3. The van der Waals surface area contributed by atoms with Gasteiger partial charge >= 0.3 is 0 Å². The van der Waals surface area contributed by atoms with E-state index in [2.05, 4.69) is 25.9 Å². The van der Waals surface area contributed by atoms with Gasteiger partial charge in [-0.25, -0.2) is 9.97 Å². The van der Waals surface area contributed by atoms with Gasteiger partial charge in [-0.3, -0.25) is 0 Å². The monoisotopic (exact) mass is 366 g/mol. The zero-order valence-corrected chi connectivity index (χ0v) is 12.9. The van der Waals surface area contributed by atoms with Crippen molar-refractivity contribution in [1.82, 2.24) is 9.97 Å². The fourth-order valence-corrected chi connectivity index (χ4v) is 2.15. The first-order chi connectivity index (χ1) is 8.52. The molecule has 1 aromatic carbocycles. The van der Waals surface area contributed by atoms with Gasteiger partial charge in [0.15, 0.2) is 5.82 Å². The summed E-state index contributed by atoms with van der Waals surface area (Å²) in [5.41, 5.74) is 0.706. The van der Waals surface area contributed by atoms with Crippen LogP contribution in [-0.2, 0) is 0 Å². The molecule has 0 N–H and O–H groups in total. The average molecular weight is 368 g/mol. The molecular formula is C11H6BrCl3N2O. The van der Waals surface area contributed by atoms with Crippen molar-refractivity contribution in [3.8, 4) is 17.1 Å². The van der Waals surface area contributed by atoms with E-state index in [0.29, 0.717) is 26.6 Å². The number of hydrogen-bond acceptors (Lipinski definition) is 3. The molecule has 2 rings (SSSR count). The molecule has 0 aliphatic heterocycles. The molecule has 94 valence electrons. The largest absolute Gasteiger partial charge is 0.495 e. The molecule has 0 unspecified atom stereocenters. The third-order valence-corrected chi connectivity index (χ3v) is 4.23. The van der Waals surface area contributed by atoms with E-state index < -0.39 is 0 Å². The van der Waals surface area contributed by atoms with Gasteiger partial charge in [-0.15, -0.1) is 0 Å². The van der Waals surface area contributed by atoms with Crippen molar-refractivity contribution in [1.29, 1.82) is 0 Å². The summed E-state index contributed by atoms with van der Waals surface area (Å²) in [7, 11) is 1.55. The molecule has 0 bridgehead atoms. The van der Waals surface area contributed by atoms with E-state index in [4.69, 9.17) is 39.5 Å². The Morgan fingerprint density at radius 2 is 1.72 bits per heavy atom. The number of ether oxygens (including phenoxy) is 1. The van der Waals surface area contributed by atoms with Gasteiger partial charge in [-0.1, -0.05) is 34.8 Å². The fourth-order valence-electron chi connectivity index (χ4n) is 1.33. The highest BCUT2D eigenvalue weighted by molar-refractivity contribution is 9.10. The van der Waals surface area contributed by atoms with Crippen LogP contribution < -0.4 is 4.74 Å². The minimum absolute atomic E-state index is 0.247. The number of benzene rings is 1. The SMILES string of the molecule is COc1ccc(-c2nc(Cl)c(Br)c(Cl)n2)cc1Cl. The number of methoxy groups -OCH3 is 1. The molecule has 0 aliphatic rings. The minimum Gasteiger partial charge on any atom is -0.495 e. The lowest BCUT2D eigenvalue weighted by atomic mass is 10.2. The van der Waals surface area contributed by atoms with Crippen LogP contribution in [0.3, 0.4) is 0 Å². The first-order valence-corrected chi connectivity index (χ1v) is 6.68. The normalized spacial score (nSPS) is 10.5. The maximum absolute atomic E-state index is 6.03. The zero-order valence-electron chi connectivity index (χ0n) is 9.05. The van der Waals surface area contributed by atoms with E-state index in [1.165, 1.54) is 0 Å². The Balaban J connectivity index is 2.52. The predicted molar refractivity (Wildman–Crippen MR) is 76.8 cm³/mol. The third-order valence-electron chi connectivity index (χ3n) is 2.18. The van der Waals surface area contributed by atoms with Gasteiger partial charge in [0.1, 0.15) is 16.1 Å². The summed E-state index contributed by atoms with van der Waals surface area (Å²) in [5, 5.41) is 0.961. The second kappa shape index (κ2) is 5.61. The zero-order chi connectivity index (χ0) is 13.3. The molecule has 2 aromatic rings. The van der Waals surface area contributed by atoms with Crippen LogP contribution in [0.25, 0.3) is 11.4 Å². The number of nitrogens with zero attached hydrogens (tertiary/aromatic N) is 2. The smallest absolute Gasteiger partial charge is 0.162 e. The topological polar surface area (TPSA) is 35.0 Å². The van der Waals surface area contributed by atoms with Crippen molar-refractivity contribution in [2.45, 2.75) is 0 Å². The van der Waals surface area contributed by atoms with Gasteiger partial charge in [0.05, 0.1) is 16.6 Å². The Morgan fingerprint density at radius 3 is 2.22 bits per heavy atom. The van der Waals surface area contributed by atoms with E-state index in [0.717, 1.165) is 0 Å². The lowest BCUT2D eigenvalue weighted by Crippen LogP contribution is -1.93. The van der Waals surface area contributed by atoms with Gasteiger partial charge in [-0.05, 0) is 34.1 Å². The van der Waals surface area contributed by atoms with Crippen LogP contribution in [-0.4, -0.2) is 17.1 Å². The predicted octanol–water partition coefficient (Wildman–Crippen LogP) is 4.87. The van der Waals surface area contributed by atoms with Crippen LogP contribution in [0.5, 0.6) is 5.75 Å². The van der Waals surface area contributed by atoms with Gasteiger partial charge in [0.2, 0.25) is 0 Å². The van der Waals surface area contributed by atoms with Crippen molar-refractivity contribution < 1.29 is 4.74 Å². The first kappa shape index (κ1) is 13.9. The second-order valence-corrected chi connectivity index (χ2v) is 5.21. The number of aromatic nitrogens is 2. The summed E-state index contributed by atoms with van der Waals surface area (Å²) in [6, 6.07) is 5.20. The molecule has 0 saturated heterocycles. The van der Waals surface area contributed by atoms with Crippen LogP contribution in [0.4, 0.5) is 0 Å². The molecule has 0 radical (unpaired) electrons. The molecule has 0 fully saturated rings. The lowest BCUT2D eigenvalue weighted by molar-refractivity contribution is 0.415. The highest BCUT2D eigenvalue weighted by Crippen LogP contribution is 2.32. The average Bonchev–Trinajstić information content (AvgIpc) is 2.35. The Bertz CT molecular complexity index is 584. The van der Waals surface area contributed by atoms with Crippen LogP contribution in [0, 0.1) is 0 Å². The Kier molecular flexibility index (Phi) is 4.33. The Morgan fingerprint density at radius 1 is 1.11 bits per heavy atom. The fraction of sp³-hybridized carbons (Fsp3) is 0.0909. The highest BCUT2D eigenvalue weighted by Gasteiger charge is 2.12. The molecule has 0 amide bonds. The molecule has 1 heterocycles. The molecule has 0 spiro atoms. The summed E-state index contributed by atoms with van der Waals surface area (Å²) in [5.74, 6) is 0.979. The van der Waals surface area contributed by atoms with E-state index in [1.807, 2.05) is 0 Å². The molecule has 18 heavy (non-hydrogen) atoms. The quantitative estimate of drug-likeness (QED) is 0.709. The van der Waals surface area contributed by atoms with Crippen molar-refractivity contribution in [3.05, 3.63) is 38.0 Å². The first-order valence-electron chi connectivity index (χ1n) is 4.75. The second-order valence-electron chi connectivity index (χ2n) is 3.29. The number of hydrogen-bond donors (Lipinski definition) is 0. The van der Waals surface area contributed by atoms with Gasteiger partial charge < -0.3 is 4.74 Å². The summed E-state index contributed by atoms with van der Waals surface area (Å²) in [6.45, 7) is 0. The minimum atomic E-state index is 0.247. The molecule has 0 atom stereocenters. The van der Waals surface area contributed by atoms with Crippen molar-refractivity contribution in [2.24, 2.45) is 0 Å². The number of halogens is 4. The van der Waals surface area contributed by atoms with Crippen LogP contribution in [0.2, 0.25) is 15.3 Å².